The quantitative estimate of drug-likeness (QED) is 0.643. The zero-order valence-electron chi connectivity index (χ0n) is 12.5. The van der Waals surface area contributed by atoms with Crippen molar-refractivity contribution in [1.29, 1.82) is 5.26 Å². The van der Waals surface area contributed by atoms with Gasteiger partial charge in [-0.2, -0.15) is 10.4 Å². The maximum Gasteiger partial charge on any atom is 0.145 e. The van der Waals surface area contributed by atoms with Crippen LogP contribution in [0.4, 0.5) is 0 Å². The first-order chi connectivity index (χ1) is 10.3. The highest BCUT2D eigenvalue weighted by Gasteiger charge is 2.26. The van der Waals surface area contributed by atoms with Crippen molar-refractivity contribution < 1.29 is 0 Å². The Balaban J connectivity index is 0.00000106. The van der Waals surface area contributed by atoms with Gasteiger partial charge in [-0.3, -0.25) is 4.99 Å². The monoisotopic (exact) mass is 303 g/mol. The summed E-state index contributed by atoms with van der Waals surface area (Å²) in [6, 6.07) is 2.72. The number of hydrogen-bond acceptors (Lipinski definition) is 6. The number of hydrazone groups is 1. The summed E-state index contributed by atoms with van der Waals surface area (Å²) in [4.78, 5) is 4.40. The van der Waals surface area contributed by atoms with Crippen LogP contribution in [0.2, 0.25) is 0 Å². The van der Waals surface area contributed by atoms with Gasteiger partial charge in [-0.25, -0.2) is 5.01 Å². The molecule has 1 aliphatic heterocycles. The summed E-state index contributed by atoms with van der Waals surface area (Å²) in [7, 11) is 0. The smallest absolute Gasteiger partial charge is 0.145 e. The molecule has 1 heterocycles. The fraction of sp³-hybridized carbons (Fsp3) is 0.533. The maximum atomic E-state index is 9.40. The van der Waals surface area contributed by atoms with E-state index >= 15 is 0 Å². The summed E-state index contributed by atoms with van der Waals surface area (Å²) < 4.78 is 0. The first-order valence-electron chi connectivity index (χ1n) is 6.89. The highest BCUT2D eigenvalue weighted by Crippen LogP contribution is 2.24. The van der Waals surface area contributed by atoms with Gasteiger partial charge in [0.05, 0.1) is 0 Å². The van der Waals surface area contributed by atoms with Gasteiger partial charge < -0.3 is 5.32 Å². The van der Waals surface area contributed by atoms with Crippen molar-refractivity contribution in [2.75, 3.05) is 12.9 Å². The summed E-state index contributed by atoms with van der Waals surface area (Å²) in [5.74, 6) is 0.812. The van der Waals surface area contributed by atoms with Crippen LogP contribution in [-0.2, 0) is 0 Å². The summed E-state index contributed by atoms with van der Waals surface area (Å²) >= 11 is 1.51. The van der Waals surface area contributed by atoms with E-state index in [1.165, 1.54) is 24.6 Å². The molecule has 1 aliphatic carbocycles. The topological polar surface area (TPSA) is 63.8 Å². The Morgan fingerprint density at radius 1 is 1.48 bits per heavy atom. The lowest BCUT2D eigenvalue weighted by atomic mass is 10.2. The molecule has 0 bridgehead atoms. The number of hydrogen-bond donors (Lipinski definition) is 1. The van der Waals surface area contributed by atoms with Crippen LogP contribution in [0, 0.1) is 24.2 Å². The zero-order valence-corrected chi connectivity index (χ0v) is 13.4. The number of thioether (sulfide) groups is 1. The largest absolute Gasteiger partial charge is 0.366 e. The zero-order chi connectivity index (χ0) is 15.7. The predicted molar refractivity (Wildman–Crippen MR) is 89.7 cm³/mol. The second-order valence-corrected chi connectivity index (χ2v) is 5.34. The van der Waals surface area contributed by atoms with Crippen LogP contribution in [0.15, 0.2) is 21.5 Å². The number of nitrogens with one attached hydrogen (secondary N) is 1. The lowest BCUT2D eigenvalue weighted by Crippen LogP contribution is -2.38. The average Bonchev–Trinajstić information content (AvgIpc) is 3.04. The van der Waals surface area contributed by atoms with Gasteiger partial charge in [-0.1, -0.05) is 12.8 Å². The van der Waals surface area contributed by atoms with Crippen LogP contribution in [0.25, 0.3) is 0 Å². The Bertz CT molecular complexity index is 492. The molecule has 0 atom stereocenters. The maximum absolute atomic E-state index is 9.40. The lowest BCUT2D eigenvalue weighted by molar-refractivity contribution is 0.327. The Morgan fingerprint density at radius 2 is 2.14 bits per heavy atom. The molecule has 0 radical (unpaired) electrons. The average molecular weight is 303 g/mol. The van der Waals surface area contributed by atoms with E-state index in [1.54, 1.807) is 11.2 Å². The molecule has 5 nitrogen and oxygen atoms in total. The molecule has 0 aromatic carbocycles. The van der Waals surface area contributed by atoms with E-state index < -0.39 is 0 Å². The molecule has 2 rings (SSSR count). The van der Waals surface area contributed by atoms with E-state index in [1.807, 2.05) is 13.2 Å². The summed E-state index contributed by atoms with van der Waals surface area (Å²) in [6.07, 6.45) is 16.5. The van der Waals surface area contributed by atoms with Crippen molar-refractivity contribution in [3.8, 4) is 18.9 Å². The Hall–Kier alpha value is -1.92. The molecular weight excluding hydrogens is 282 g/mol. The minimum atomic E-state index is 0.453. The molecule has 6 heteroatoms. The van der Waals surface area contributed by atoms with Crippen molar-refractivity contribution in [2.45, 2.75) is 38.6 Å². The SMILES string of the molecule is C#C.C/C=N\N1CN=C(SC)C(C#N)=C1NC1CCCC1. The molecule has 0 unspecified atom stereocenters. The summed E-state index contributed by atoms with van der Waals surface area (Å²) in [5, 5.41) is 19.8. The van der Waals surface area contributed by atoms with E-state index in [2.05, 4.69) is 34.3 Å². The lowest BCUT2D eigenvalue weighted by Gasteiger charge is -2.29. The van der Waals surface area contributed by atoms with Gasteiger partial charge in [-0.05, 0) is 26.0 Å². The molecule has 0 aromatic rings. The standard InChI is InChI=1S/C13H19N5S.C2H2/c1-3-16-18-9-15-13(19-2)11(8-14)12(18)17-10-6-4-5-7-10;1-2/h3,10,17H,4-7,9H2,1-2H3;1-2H/b16-3-;. The van der Waals surface area contributed by atoms with E-state index in [9.17, 15) is 5.26 Å². The number of nitriles is 1. The second-order valence-electron chi connectivity index (χ2n) is 4.54. The fourth-order valence-electron chi connectivity index (χ4n) is 2.42. The van der Waals surface area contributed by atoms with Gasteiger partial charge in [0, 0.05) is 12.3 Å². The number of rotatable bonds is 3. The van der Waals surface area contributed by atoms with Crippen LogP contribution in [0.1, 0.15) is 32.6 Å². The number of terminal acetylenes is 1. The third-order valence-corrected chi connectivity index (χ3v) is 4.03. The Morgan fingerprint density at radius 3 is 2.67 bits per heavy atom. The van der Waals surface area contributed by atoms with Gasteiger partial charge in [0.2, 0.25) is 0 Å². The minimum Gasteiger partial charge on any atom is -0.366 e. The van der Waals surface area contributed by atoms with Gasteiger partial charge in [-0.15, -0.1) is 24.6 Å². The molecular formula is C15H21N5S. The first-order valence-corrected chi connectivity index (χ1v) is 8.11. The molecule has 21 heavy (non-hydrogen) atoms. The Kier molecular flexibility index (Phi) is 7.42. The van der Waals surface area contributed by atoms with Crippen molar-refractivity contribution in [3.05, 3.63) is 11.4 Å². The van der Waals surface area contributed by atoms with E-state index in [0.29, 0.717) is 18.3 Å². The summed E-state index contributed by atoms with van der Waals surface area (Å²) in [6.45, 7) is 2.34. The fourth-order valence-corrected chi connectivity index (χ4v) is 2.96. The van der Waals surface area contributed by atoms with E-state index in [-0.39, 0.29) is 0 Å². The molecule has 112 valence electrons. The minimum absolute atomic E-state index is 0.453. The van der Waals surface area contributed by atoms with Crippen molar-refractivity contribution in [2.24, 2.45) is 10.1 Å². The van der Waals surface area contributed by atoms with Crippen LogP contribution in [0.5, 0.6) is 0 Å². The van der Waals surface area contributed by atoms with Gasteiger partial charge in [0.25, 0.3) is 0 Å². The molecule has 1 N–H and O–H groups in total. The molecule has 0 spiro atoms. The third-order valence-electron chi connectivity index (χ3n) is 3.31. The predicted octanol–water partition coefficient (Wildman–Crippen LogP) is 2.54. The van der Waals surface area contributed by atoms with Crippen molar-refractivity contribution in [1.82, 2.24) is 10.3 Å². The van der Waals surface area contributed by atoms with Crippen molar-refractivity contribution >= 4 is 23.0 Å². The van der Waals surface area contributed by atoms with Crippen LogP contribution in [0.3, 0.4) is 0 Å². The van der Waals surface area contributed by atoms with E-state index in [0.717, 1.165) is 23.7 Å². The second kappa shape index (κ2) is 9.10. The molecule has 2 aliphatic rings. The van der Waals surface area contributed by atoms with Crippen LogP contribution < -0.4 is 5.32 Å². The molecule has 0 saturated heterocycles. The van der Waals surface area contributed by atoms with E-state index in [4.69, 9.17) is 0 Å². The van der Waals surface area contributed by atoms with Gasteiger partial charge in [0.1, 0.15) is 29.2 Å². The summed E-state index contributed by atoms with van der Waals surface area (Å²) in [5.41, 5.74) is 0.608. The molecule has 0 amide bonds. The molecule has 1 saturated carbocycles. The molecule has 1 fully saturated rings. The highest BCUT2D eigenvalue weighted by molar-refractivity contribution is 8.13. The van der Waals surface area contributed by atoms with Crippen LogP contribution >= 0.6 is 11.8 Å². The highest BCUT2D eigenvalue weighted by atomic mass is 32.2. The number of aliphatic imine (C=N–C) groups is 1. The number of nitrogens with zero attached hydrogens (tertiary/aromatic N) is 4. The Labute approximate surface area is 131 Å². The normalized spacial score (nSPS) is 19.0. The van der Waals surface area contributed by atoms with Gasteiger partial charge in [0.15, 0.2) is 0 Å². The van der Waals surface area contributed by atoms with Crippen LogP contribution in [-0.4, -0.2) is 35.2 Å². The van der Waals surface area contributed by atoms with Crippen molar-refractivity contribution in [3.63, 3.8) is 0 Å². The first kappa shape index (κ1) is 17.1. The molecule has 0 aromatic heterocycles. The van der Waals surface area contributed by atoms with Gasteiger partial charge >= 0.3 is 0 Å². The third kappa shape index (κ3) is 4.27.